The molecule has 0 heterocycles. The summed E-state index contributed by atoms with van der Waals surface area (Å²) >= 11 is 0. The minimum absolute atomic E-state index is 0.546. The zero-order valence-corrected chi connectivity index (χ0v) is 9.95. The predicted octanol–water partition coefficient (Wildman–Crippen LogP) is 2.34. The summed E-state index contributed by atoms with van der Waals surface area (Å²) in [6.45, 7) is 4.76. The molecule has 1 rings (SSSR count). The largest absolute Gasteiger partial charge is 0.491 e. The average molecular weight is 223 g/mol. The van der Waals surface area contributed by atoms with E-state index in [1.807, 2.05) is 24.3 Å². The van der Waals surface area contributed by atoms with Crippen LogP contribution >= 0.6 is 0 Å². The lowest BCUT2D eigenvalue weighted by molar-refractivity contribution is 0.0980. The minimum Gasteiger partial charge on any atom is -0.491 e. The Balaban J connectivity index is 2.16. The van der Waals surface area contributed by atoms with Crippen LogP contribution in [0, 0.1) is 0 Å². The summed E-state index contributed by atoms with van der Waals surface area (Å²) in [6, 6.07) is 7.84. The summed E-state index contributed by atoms with van der Waals surface area (Å²) in [6.07, 6.45) is 2.28. The van der Waals surface area contributed by atoms with Gasteiger partial charge in [0.1, 0.15) is 12.4 Å². The molecule has 0 spiro atoms. The fourth-order valence-electron chi connectivity index (χ4n) is 1.33. The number of benzene rings is 1. The molecule has 3 nitrogen and oxygen atoms in total. The Labute approximate surface area is 97.6 Å². The molecule has 0 bridgehead atoms. The molecule has 0 amide bonds. The number of nitrogens with two attached hydrogens (primary N) is 1. The van der Waals surface area contributed by atoms with Gasteiger partial charge in [-0.2, -0.15) is 0 Å². The second kappa shape index (κ2) is 8.13. The number of hydrogen-bond donors (Lipinski definition) is 1. The number of unbranched alkanes of at least 4 members (excludes halogenated alkanes) is 1. The average Bonchev–Trinajstić information content (AvgIpc) is 2.34. The van der Waals surface area contributed by atoms with E-state index in [0.29, 0.717) is 19.8 Å². The summed E-state index contributed by atoms with van der Waals surface area (Å²) in [5.74, 6) is 0.863. The van der Waals surface area contributed by atoms with Crippen molar-refractivity contribution >= 4 is 0 Å². The first-order chi connectivity index (χ1) is 7.86. The zero-order chi connectivity index (χ0) is 11.6. The van der Waals surface area contributed by atoms with Crippen LogP contribution in [-0.4, -0.2) is 19.8 Å². The van der Waals surface area contributed by atoms with E-state index in [0.717, 1.165) is 24.3 Å². The summed E-state index contributed by atoms with van der Waals surface area (Å²) in [5, 5.41) is 0. The third-order valence-corrected chi connectivity index (χ3v) is 2.27. The van der Waals surface area contributed by atoms with Gasteiger partial charge in [0.25, 0.3) is 0 Å². The van der Waals surface area contributed by atoms with E-state index in [2.05, 4.69) is 6.92 Å². The molecule has 0 aromatic heterocycles. The van der Waals surface area contributed by atoms with Crippen LogP contribution in [-0.2, 0) is 11.3 Å². The lowest BCUT2D eigenvalue weighted by atomic mass is 10.2. The quantitative estimate of drug-likeness (QED) is 0.688. The molecular weight excluding hydrogens is 202 g/mol. The molecule has 16 heavy (non-hydrogen) atoms. The predicted molar refractivity (Wildman–Crippen MR) is 65.6 cm³/mol. The van der Waals surface area contributed by atoms with E-state index < -0.39 is 0 Å². The Morgan fingerprint density at radius 1 is 1.19 bits per heavy atom. The maximum absolute atomic E-state index is 5.55. The van der Waals surface area contributed by atoms with Crippen molar-refractivity contribution in [1.82, 2.24) is 0 Å². The Hall–Kier alpha value is -1.06. The van der Waals surface area contributed by atoms with Gasteiger partial charge in [0.05, 0.1) is 6.61 Å². The molecule has 0 radical (unpaired) electrons. The van der Waals surface area contributed by atoms with Gasteiger partial charge < -0.3 is 15.2 Å². The van der Waals surface area contributed by atoms with Crippen LogP contribution in [0.4, 0.5) is 0 Å². The molecule has 1 aromatic rings. The summed E-state index contributed by atoms with van der Waals surface area (Å²) in [7, 11) is 0. The SMILES string of the molecule is CCCCOCCOc1cccc(CN)c1. The molecule has 0 saturated carbocycles. The van der Waals surface area contributed by atoms with Crippen LogP contribution in [0.5, 0.6) is 5.75 Å². The van der Waals surface area contributed by atoms with Gasteiger partial charge in [-0.15, -0.1) is 0 Å². The van der Waals surface area contributed by atoms with Crippen molar-refractivity contribution in [3.8, 4) is 5.75 Å². The molecule has 0 atom stereocenters. The van der Waals surface area contributed by atoms with Crippen LogP contribution in [0.2, 0.25) is 0 Å². The monoisotopic (exact) mass is 223 g/mol. The van der Waals surface area contributed by atoms with E-state index >= 15 is 0 Å². The smallest absolute Gasteiger partial charge is 0.119 e. The molecule has 90 valence electrons. The van der Waals surface area contributed by atoms with Gasteiger partial charge in [-0.1, -0.05) is 25.5 Å². The zero-order valence-electron chi connectivity index (χ0n) is 9.95. The van der Waals surface area contributed by atoms with Crippen molar-refractivity contribution in [3.05, 3.63) is 29.8 Å². The molecule has 0 saturated heterocycles. The van der Waals surface area contributed by atoms with Gasteiger partial charge in [0, 0.05) is 13.2 Å². The van der Waals surface area contributed by atoms with Crippen LogP contribution in [0.3, 0.4) is 0 Å². The van der Waals surface area contributed by atoms with Crippen molar-refractivity contribution in [2.45, 2.75) is 26.3 Å². The highest BCUT2D eigenvalue weighted by atomic mass is 16.5. The van der Waals surface area contributed by atoms with Gasteiger partial charge in [0.15, 0.2) is 0 Å². The normalized spacial score (nSPS) is 10.4. The van der Waals surface area contributed by atoms with Crippen molar-refractivity contribution in [2.24, 2.45) is 5.73 Å². The molecule has 2 N–H and O–H groups in total. The summed E-state index contributed by atoms with van der Waals surface area (Å²) in [4.78, 5) is 0. The van der Waals surface area contributed by atoms with Crippen LogP contribution in [0.25, 0.3) is 0 Å². The van der Waals surface area contributed by atoms with Crippen molar-refractivity contribution < 1.29 is 9.47 Å². The second-order valence-electron chi connectivity index (χ2n) is 3.67. The Morgan fingerprint density at radius 3 is 2.81 bits per heavy atom. The highest BCUT2D eigenvalue weighted by Gasteiger charge is 1.95. The Morgan fingerprint density at radius 2 is 2.06 bits per heavy atom. The first-order valence-electron chi connectivity index (χ1n) is 5.86. The summed E-state index contributed by atoms with van der Waals surface area (Å²) in [5.41, 5.74) is 6.64. The van der Waals surface area contributed by atoms with Crippen LogP contribution in [0.15, 0.2) is 24.3 Å². The fraction of sp³-hybridized carbons (Fsp3) is 0.538. The maximum Gasteiger partial charge on any atom is 0.119 e. The van der Waals surface area contributed by atoms with E-state index in [4.69, 9.17) is 15.2 Å². The molecule has 0 aliphatic carbocycles. The highest BCUT2D eigenvalue weighted by molar-refractivity contribution is 5.28. The maximum atomic E-state index is 5.55. The highest BCUT2D eigenvalue weighted by Crippen LogP contribution is 2.12. The molecule has 1 aromatic carbocycles. The molecular formula is C13H21NO2. The van der Waals surface area contributed by atoms with Gasteiger partial charge in [0.2, 0.25) is 0 Å². The Kier molecular flexibility index (Phi) is 6.61. The first-order valence-corrected chi connectivity index (χ1v) is 5.86. The van der Waals surface area contributed by atoms with Gasteiger partial charge in [-0.05, 0) is 24.1 Å². The standard InChI is InChI=1S/C13H21NO2/c1-2-3-7-15-8-9-16-13-6-4-5-12(10-13)11-14/h4-6,10H,2-3,7-9,11,14H2,1H3. The lowest BCUT2D eigenvalue weighted by Crippen LogP contribution is -2.07. The van der Waals surface area contributed by atoms with E-state index in [1.165, 1.54) is 6.42 Å². The van der Waals surface area contributed by atoms with Crippen LogP contribution in [0.1, 0.15) is 25.3 Å². The topological polar surface area (TPSA) is 44.5 Å². The third-order valence-electron chi connectivity index (χ3n) is 2.27. The second-order valence-corrected chi connectivity index (χ2v) is 3.67. The molecule has 0 fully saturated rings. The number of hydrogen-bond acceptors (Lipinski definition) is 3. The molecule has 0 aliphatic rings. The van der Waals surface area contributed by atoms with E-state index in [-0.39, 0.29) is 0 Å². The van der Waals surface area contributed by atoms with Crippen molar-refractivity contribution in [2.75, 3.05) is 19.8 Å². The molecule has 3 heteroatoms. The minimum atomic E-state index is 0.546. The van der Waals surface area contributed by atoms with Gasteiger partial charge >= 0.3 is 0 Å². The number of rotatable bonds is 8. The third kappa shape index (κ3) is 5.14. The van der Waals surface area contributed by atoms with Crippen molar-refractivity contribution in [1.29, 1.82) is 0 Å². The Bertz CT molecular complexity index is 289. The number of ether oxygens (including phenoxy) is 2. The van der Waals surface area contributed by atoms with Crippen molar-refractivity contribution in [3.63, 3.8) is 0 Å². The van der Waals surface area contributed by atoms with E-state index in [1.54, 1.807) is 0 Å². The fourth-order valence-corrected chi connectivity index (χ4v) is 1.33. The molecule has 0 aliphatic heterocycles. The first kappa shape index (κ1) is 13.0. The lowest BCUT2D eigenvalue weighted by Gasteiger charge is -2.07. The van der Waals surface area contributed by atoms with E-state index in [9.17, 15) is 0 Å². The molecule has 0 unspecified atom stereocenters. The van der Waals surface area contributed by atoms with Crippen LogP contribution < -0.4 is 10.5 Å². The summed E-state index contributed by atoms with van der Waals surface area (Å²) < 4.78 is 11.0. The van der Waals surface area contributed by atoms with Gasteiger partial charge in [-0.3, -0.25) is 0 Å². The van der Waals surface area contributed by atoms with Gasteiger partial charge in [-0.25, -0.2) is 0 Å².